The minimum Gasteiger partial charge on any atom is -0.507 e. The van der Waals surface area contributed by atoms with Crippen molar-refractivity contribution >= 4 is 57.2 Å². The molecule has 5 rings (SSSR count). The summed E-state index contributed by atoms with van der Waals surface area (Å²) < 4.78 is 25.0. The summed E-state index contributed by atoms with van der Waals surface area (Å²) in [6.45, 7) is 0. The van der Waals surface area contributed by atoms with Crippen molar-refractivity contribution in [2.24, 2.45) is 12.2 Å². The van der Waals surface area contributed by atoms with Crippen molar-refractivity contribution in [2.45, 2.75) is 27.5 Å². The fourth-order valence-electron chi connectivity index (χ4n) is 4.55. The number of hydrogen-bond donors (Lipinski definition) is 5. The molecule has 1 aromatic heterocycles. The first-order valence-corrected chi connectivity index (χ1v) is 16.2. The van der Waals surface area contributed by atoms with E-state index in [-0.39, 0.29) is 17.2 Å². The zero-order valence-electron chi connectivity index (χ0n) is 22.6. The number of nitrogens with one attached hydrogen (secondary N) is 2. The number of aromatic nitrogens is 4. The van der Waals surface area contributed by atoms with Crippen LogP contribution in [-0.2, 0) is 31.5 Å². The molecule has 0 spiro atoms. The highest BCUT2D eigenvalue weighted by atomic mass is 32.2. The summed E-state index contributed by atoms with van der Waals surface area (Å²) in [7, 11) is -2.56. The number of tetrazole rings is 1. The number of aryl methyl sites for hydroxylation is 1. The Morgan fingerprint density at radius 3 is 2.57 bits per heavy atom. The molecular formula is C25H24N8O8S3. The highest BCUT2D eigenvalue weighted by molar-refractivity contribution is 8.01. The van der Waals surface area contributed by atoms with Crippen molar-refractivity contribution in [3.8, 4) is 5.75 Å². The zero-order chi connectivity index (χ0) is 31.8. The predicted octanol–water partition coefficient (Wildman–Crippen LogP) is -0.435. The molecule has 2 aliphatic heterocycles. The van der Waals surface area contributed by atoms with Crippen LogP contribution >= 0.6 is 23.5 Å². The van der Waals surface area contributed by atoms with Crippen LogP contribution in [0, 0.1) is 0 Å². The van der Waals surface area contributed by atoms with Crippen molar-refractivity contribution in [3.05, 3.63) is 70.9 Å². The molecule has 2 aromatic carbocycles. The monoisotopic (exact) mass is 660 g/mol. The smallest absolute Gasteiger partial charge is 0.352 e. The Labute approximate surface area is 258 Å². The van der Waals surface area contributed by atoms with Gasteiger partial charge in [-0.1, -0.05) is 42.1 Å². The number of thioether (sulfide) groups is 2. The quantitative estimate of drug-likeness (QED) is 0.137. The number of rotatable bonds is 10. The number of carboxylic acids is 1. The minimum absolute atomic E-state index is 0.176. The summed E-state index contributed by atoms with van der Waals surface area (Å²) in [5.74, 6) is -3.78. The third kappa shape index (κ3) is 6.11. The molecule has 0 radical (unpaired) electrons. The van der Waals surface area contributed by atoms with E-state index in [1.165, 1.54) is 28.2 Å². The normalized spacial score (nSPS) is 18.7. The summed E-state index contributed by atoms with van der Waals surface area (Å²) in [6.07, 6.45) is 0. The number of fused-ring (bicyclic) bond motifs is 1. The van der Waals surface area contributed by atoms with Crippen LogP contribution in [0.3, 0.4) is 0 Å². The van der Waals surface area contributed by atoms with Gasteiger partial charge in [0.2, 0.25) is 21.1 Å². The molecule has 3 atom stereocenters. The van der Waals surface area contributed by atoms with Gasteiger partial charge in [0.1, 0.15) is 28.9 Å². The zero-order valence-corrected chi connectivity index (χ0v) is 25.1. The van der Waals surface area contributed by atoms with Gasteiger partial charge in [-0.2, -0.15) is 0 Å². The predicted molar refractivity (Wildman–Crippen MR) is 155 cm³/mol. The molecule has 44 heavy (non-hydrogen) atoms. The number of phenols is 1. The lowest BCUT2D eigenvalue weighted by Gasteiger charge is -2.49. The van der Waals surface area contributed by atoms with Crippen LogP contribution < -0.4 is 15.8 Å². The van der Waals surface area contributed by atoms with Crippen LogP contribution in [0.2, 0.25) is 0 Å². The Balaban J connectivity index is 1.35. The Kier molecular flexibility index (Phi) is 8.64. The molecule has 0 aliphatic carbocycles. The van der Waals surface area contributed by atoms with Crippen LogP contribution in [0.25, 0.3) is 0 Å². The van der Waals surface area contributed by atoms with Crippen LogP contribution in [0.4, 0.5) is 0 Å². The number of hydrogen-bond acceptors (Lipinski definition) is 12. The van der Waals surface area contributed by atoms with E-state index in [1.807, 2.05) is 0 Å². The second-order valence-corrected chi connectivity index (χ2v) is 13.2. The molecule has 0 bridgehead atoms. The summed E-state index contributed by atoms with van der Waals surface area (Å²) in [5, 5.41) is 41.3. The number of benzene rings is 2. The van der Waals surface area contributed by atoms with E-state index in [1.54, 1.807) is 37.4 Å². The van der Waals surface area contributed by atoms with Crippen molar-refractivity contribution in [3.63, 3.8) is 0 Å². The Morgan fingerprint density at radius 2 is 1.93 bits per heavy atom. The molecule has 0 saturated carbocycles. The van der Waals surface area contributed by atoms with Crippen molar-refractivity contribution in [1.82, 2.24) is 35.7 Å². The van der Waals surface area contributed by atoms with E-state index in [0.717, 1.165) is 23.1 Å². The van der Waals surface area contributed by atoms with Gasteiger partial charge in [-0.05, 0) is 39.8 Å². The van der Waals surface area contributed by atoms with Crippen LogP contribution in [-0.4, -0.2) is 90.4 Å². The van der Waals surface area contributed by atoms with Crippen LogP contribution in [0.15, 0.2) is 69.9 Å². The second-order valence-electron chi connectivity index (χ2n) is 9.57. The topological polar surface area (TPSA) is 240 Å². The van der Waals surface area contributed by atoms with Gasteiger partial charge in [0, 0.05) is 18.6 Å². The number of aromatic hydroxyl groups is 1. The molecule has 2 aliphatic rings. The number of phenolic OH excluding ortho intramolecular Hbond substituents is 1. The van der Waals surface area contributed by atoms with Crippen molar-refractivity contribution in [2.75, 3.05) is 11.5 Å². The Morgan fingerprint density at radius 1 is 1.20 bits per heavy atom. The minimum atomic E-state index is -4.20. The van der Waals surface area contributed by atoms with Gasteiger partial charge in [-0.25, -0.2) is 23.0 Å². The van der Waals surface area contributed by atoms with Crippen molar-refractivity contribution in [1.29, 1.82) is 0 Å². The molecule has 230 valence electrons. The molecule has 6 N–H and O–H groups in total. The molecule has 3 amide bonds. The summed E-state index contributed by atoms with van der Waals surface area (Å²) in [4.78, 5) is 52.8. The van der Waals surface area contributed by atoms with Gasteiger partial charge in [0.25, 0.3) is 11.8 Å². The third-order valence-electron chi connectivity index (χ3n) is 6.72. The van der Waals surface area contributed by atoms with Crippen LogP contribution in [0.1, 0.15) is 22.0 Å². The van der Waals surface area contributed by atoms with Gasteiger partial charge < -0.3 is 20.8 Å². The number of carbonyl (C=O) groups is 4. The number of sulfonamides is 1. The SMILES string of the molecule is Cn1nnnc1SCC1=C(C(=O)O)N2C(=O)C(NC(=O)[C@@H](NC(=O)c3cc(S(N)(=O)=O)ccc3O)c3ccccc3)[C@@H]2SC1. The van der Waals surface area contributed by atoms with E-state index in [9.17, 15) is 37.8 Å². The number of nitrogens with two attached hydrogens (primary N) is 1. The Bertz CT molecular complexity index is 1800. The number of carbonyl (C=O) groups excluding carboxylic acids is 3. The molecular weight excluding hydrogens is 637 g/mol. The van der Waals surface area contributed by atoms with Gasteiger partial charge in [-0.3, -0.25) is 19.3 Å². The fraction of sp³-hybridized carbons (Fsp3) is 0.240. The van der Waals surface area contributed by atoms with E-state index >= 15 is 0 Å². The summed E-state index contributed by atoms with van der Waals surface area (Å²) >= 11 is 2.49. The van der Waals surface area contributed by atoms with Gasteiger partial charge >= 0.3 is 5.97 Å². The van der Waals surface area contributed by atoms with Gasteiger partial charge in [0.15, 0.2) is 0 Å². The van der Waals surface area contributed by atoms with E-state index < -0.39 is 67.4 Å². The maximum Gasteiger partial charge on any atom is 0.352 e. The Hall–Kier alpha value is -4.46. The van der Waals surface area contributed by atoms with Crippen LogP contribution in [0.5, 0.6) is 5.75 Å². The molecule has 19 heteroatoms. The fourth-order valence-corrected chi connectivity index (χ4v) is 7.43. The van der Waals surface area contributed by atoms with Crippen molar-refractivity contribution < 1.29 is 37.8 Å². The summed E-state index contributed by atoms with van der Waals surface area (Å²) in [6, 6.07) is 8.44. The molecule has 3 heterocycles. The highest BCUT2D eigenvalue weighted by Gasteiger charge is 2.54. The molecule has 1 fully saturated rings. The standard InChI is InChI=1S/C25H24N8O8S3/c1-32-25(29-30-31-32)43-11-13-10-42-23-18(22(37)33(23)19(13)24(38)39)28-21(36)17(12-5-3-2-4-6-12)27-20(35)15-9-14(44(26,40)41)7-8-16(15)34/h2-9,17-18,23,34H,10-11H2,1H3,(H,27,35)(H,28,36)(H,38,39)(H2,26,40,41)/t17-,18?,23-/m0/s1. The lowest BCUT2D eigenvalue weighted by atomic mass is 10.0. The maximum absolute atomic E-state index is 13.6. The number of primary sulfonamides is 1. The molecule has 3 aromatic rings. The second kappa shape index (κ2) is 12.3. The number of aliphatic carboxylic acids is 1. The molecule has 16 nitrogen and oxygen atoms in total. The van der Waals surface area contributed by atoms with Gasteiger partial charge in [-0.15, -0.1) is 16.9 Å². The first-order chi connectivity index (χ1) is 20.9. The lowest BCUT2D eigenvalue weighted by Crippen LogP contribution is -2.71. The number of amides is 3. The highest BCUT2D eigenvalue weighted by Crippen LogP contribution is 2.41. The molecule has 1 saturated heterocycles. The average Bonchev–Trinajstić information content (AvgIpc) is 3.40. The largest absolute Gasteiger partial charge is 0.507 e. The maximum atomic E-state index is 13.6. The van der Waals surface area contributed by atoms with E-state index in [0.29, 0.717) is 16.3 Å². The summed E-state index contributed by atoms with van der Waals surface area (Å²) in [5.41, 5.74) is 0.188. The van der Waals surface area contributed by atoms with Gasteiger partial charge in [0.05, 0.1) is 10.5 Å². The first kappa shape index (κ1) is 31.0. The third-order valence-corrected chi connectivity index (χ3v) is 10.1. The molecule has 1 unspecified atom stereocenters. The number of carboxylic acid groups (broad SMARTS) is 1. The van der Waals surface area contributed by atoms with E-state index in [4.69, 9.17) is 5.14 Å². The first-order valence-electron chi connectivity index (χ1n) is 12.6. The van der Waals surface area contributed by atoms with E-state index in [2.05, 4.69) is 26.2 Å². The average molecular weight is 661 g/mol. The lowest BCUT2D eigenvalue weighted by molar-refractivity contribution is -0.151. The number of β-lactam (4-membered cyclic amide) rings is 1. The number of nitrogens with zero attached hydrogens (tertiary/aromatic N) is 5.